The lowest BCUT2D eigenvalue weighted by Gasteiger charge is -2.41. The minimum atomic E-state index is -0.780. The van der Waals surface area contributed by atoms with Crippen LogP contribution in [0, 0.1) is 17.2 Å². The molecular weight excluding hydrogens is 261 g/mol. The van der Waals surface area contributed by atoms with Crippen molar-refractivity contribution in [1.29, 1.82) is 0 Å². The molecule has 2 heterocycles. The highest BCUT2D eigenvalue weighted by atomic mass is 19.1. The van der Waals surface area contributed by atoms with Crippen LogP contribution in [0.15, 0.2) is 6.33 Å². The minimum Gasteiger partial charge on any atom is -0.481 e. The number of aryl methyl sites for hydroxylation is 1. The number of aromatic nitrogens is 2. The normalized spacial score (nSPS) is 23.9. The predicted octanol–water partition coefficient (Wildman–Crippen LogP) is 1.87. The van der Waals surface area contributed by atoms with Gasteiger partial charge in [0.2, 0.25) is 0 Å². The van der Waals surface area contributed by atoms with Gasteiger partial charge in [0.1, 0.15) is 6.33 Å². The third kappa shape index (κ3) is 1.85. The molecule has 0 radical (unpaired) electrons. The van der Waals surface area contributed by atoms with Gasteiger partial charge >= 0.3 is 5.97 Å². The number of rotatable bonds is 3. The number of hydrogen-bond donors (Lipinski definition) is 1. The van der Waals surface area contributed by atoms with E-state index in [9.17, 15) is 14.3 Å². The molecule has 1 spiro atoms. The van der Waals surface area contributed by atoms with Gasteiger partial charge in [-0.2, -0.15) is 0 Å². The molecule has 1 atom stereocenters. The largest absolute Gasteiger partial charge is 0.481 e. The van der Waals surface area contributed by atoms with Gasteiger partial charge in [-0.3, -0.25) is 4.79 Å². The van der Waals surface area contributed by atoms with Crippen LogP contribution in [-0.4, -0.2) is 34.1 Å². The predicted molar refractivity (Wildman–Crippen MR) is 71.0 cm³/mol. The maximum atomic E-state index is 14.3. The fourth-order valence-electron chi connectivity index (χ4n) is 3.47. The van der Waals surface area contributed by atoms with Crippen molar-refractivity contribution in [1.82, 2.24) is 9.97 Å². The highest BCUT2D eigenvalue weighted by Gasteiger charge is 2.54. The van der Waals surface area contributed by atoms with Gasteiger partial charge in [-0.15, -0.1) is 0 Å². The molecular formula is C14H18FN3O2. The molecule has 1 N–H and O–H groups in total. The monoisotopic (exact) mass is 279 g/mol. The van der Waals surface area contributed by atoms with E-state index in [2.05, 4.69) is 9.97 Å². The maximum absolute atomic E-state index is 14.3. The summed E-state index contributed by atoms with van der Waals surface area (Å²) in [6, 6.07) is 0. The average Bonchev–Trinajstić information content (AvgIpc) is 2.79. The average molecular weight is 279 g/mol. The van der Waals surface area contributed by atoms with Crippen molar-refractivity contribution in [3.63, 3.8) is 0 Å². The molecule has 1 aliphatic carbocycles. The van der Waals surface area contributed by atoms with Crippen molar-refractivity contribution in [3.8, 4) is 0 Å². The molecule has 6 heteroatoms. The van der Waals surface area contributed by atoms with E-state index in [0.717, 1.165) is 19.3 Å². The molecule has 1 saturated heterocycles. The molecule has 108 valence electrons. The van der Waals surface area contributed by atoms with Crippen molar-refractivity contribution in [2.75, 3.05) is 18.0 Å². The van der Waals surface area contributed by atoms with E-state index in [1.54, 1.807) is 4.90 Å². The fourth-order valence-corrected chi connectivity index (χ4v) is 3.47. The molecule has 1 aliphatic heterocycles. The topological polar surface area (TPSA) is 66.3 Å². The SMILES string of the molecule is CCc1ncnc(N2C[C@H](C(=O)O)C3(CCC3)C2)c1F. The summed E-state index contributed by atoms with van der Waals surface area (Å²) in [6.07, 6.45) is 4.74. The van der Waals surface area contributed by atoms with E-state index in [1.165, 1.54) is 6.33 Å². The summed E-state index contributed by atoms with van der Waals surface area (Å²) in [4.78, 5) is 21.2. The first-order chi connectivity index (χ1) is 9.57. The van der Waals surface area contributed by atoms with Crippen molar-refractivity contribution in [2.45, 2.75) is 32.6 Å². The number of aliphatic carboxylic acids is 1. The Morgan fingerprint density at radius 1 is 1.55 bits per heavy atom. The van der Waals surface area contributed by atoms with E-state index >= 15 is 0 Å². The van der Waals surface area contributed by atoms with Gasteiger partial charge in [0, 0.05) is 18.5 Å². The second kappa shape index (κ2) is 4.68. The zero-order valence-corrected chi connectivity index (χ0v) is 11.5. The summed E-state index contributed by atoms with van der Waals surface area (Å²) in [5, 5.41) is 9.40. The summed E-state index contributed by atoms with van der Waals surface area (Å²) in [5.74, 6) is -1.35. The smallest absolute Gasteiger partial charge is 0.308 e. The molecule has 0 aromatic carbocycles. The number of carbonyl (C=O) groups is 1. The Labute approximate surface area is 116 Å². The van der Waals surface area contributed by atoms with E-state index < -0.39 is 17.7 Å². The van der Waals surface area contributed by atoms with Crippen LogP contribution in [0.3, 0.4) is 0 Å². The summed E-state index contributed by atoms with van der Waals surface area (Å²) in [5.41, 5.74) is 0.201. The van der Waals surface area contributed by atoms with Crippen LogP contribution < -0.4 is 4.90 Å². The number of halogens is 1. The van der Waals surface area contributed by atoms with Gasteiger partial charge in [0.25, 0.3) is 0 Å². The van der Waals surface area contributed by atoms with Crippen LogP contribution in [-0.2, 0) is 11.2 Å². The number of anilines is 1. The first-order valence-corrected chi connectivity index (χ1v) is 7.04. The lowest BCUT2D eigenvalue weighted by molar-refractivity contribution is -0.146. The van der Waals surface area contributed by atoms with Gasteiger partial charge in [-0.05, 0) is 19.3 Å². The zero-order chi connectivity index (χ0) is 14.3. The Balaban J connectivity index is 1.91. The Kier molecular flexibility index (Phi) is 3.11. The zero-order valence-electron chi connectivity index (χ0n) is 11.5. The molecule has 1 aromatic heterocycles. The summed E-state index contributed by atoms with van der Waals surface area (Å²) < 4.78 is 14.3. The van der Waals surface area contributed by atoms with Gasteiger partial charge in [-0.25, -0.2) is 14.4 Å². The van der Waals surface area contributed by atoms with Crippen molar-refractivity contribution < 1.29 is 14.3 Å². The second-order valence-corrected chi connectivity index (χ2v) is 5.80. The molecule has 2 fully saturated rings. The van der Waals surface area contributed by atoms with Crippen LogP contribution in [0.1, 0.15) is 31.9 Å². The highest BCUT2D eigenvalue weighted by molar-refractivity contribution is 5.73. The van der Waals surface area contributed by atoms with Gasteiger partial charge in [0.05, 0.1) is 11.6 Å². The molecule has 3 rings (SSSR count). The van der Waals surface area contributed by atoms with Crippen molar-refractivity contribution in [2.24, 2.45) is 11.3 Å². The Bertz CT molecular complexity index is 545. The van der Waals surface area contributed by atoms with Gasteiger partial charge in [0.15, 0.2) is 11.6 Å². The van der Waals surface area contributed by atoms with Gasteiger partial charge < -0.3 is 10.0 Å². The summed E-state index contributed by atoms with van der Waals surface area (Å²) >= 11 is 0. The van der Waals surface area contributed by atoms with Crippen LogP contribution in [0.4, 0.5) is 10.2 Å². The summed E-state index contributed by atoms with van der Waals surface area (Å²) in [6.45, 7) is 2.76. The van der Waals surface area contributed by atoms with Crippen molar-refractivity contribution >= 4 is 11.8 Å². The Morgan fingerprint density at radius 2 is 2.30 bits per heavy atom. The number of hydrogen-bond acceptors (Lipinski definition) is 4. The molecule has 5 nitrogen and oxygen atoms in total. The first kappa shape index (κ1) is 13.3. The third-order valence-electron chi connectivity index (χ3n) is 4.77. The molecule has 0 unspecified atom stereocenters. The van der Waals surface area contributed by atoms with Crippen LogP contribution in [0.25, 0.3) is 0 Å². The molecule has 20 heavy (non-hydrogen) atoms. The van der Waals surface area contributed by atoms with Gasteiger partial charge in [-0.1, -0.05) is 13.3 Å². The second-order valence-electron chi connectivity index (χ2n) is 5.80. The number of nitrogens with zero attached hydrogens (tertiary/aromatic N) is 3. The van der Waals surface area contributed by atoms with Crippen molar-refractivity contribution in [3.05, 3.63) is 17.8 Å². The highest BCUT2D eigenvalue weighted by Crippen LogP contribution is 2.52. The van der Waals surface area contributed by atoms with Crippen LogP contribution in [0.2, 0.25) is 0 Å². The molecule has 0 bridgehead atoms. The van der Waals surface area contributed by atoms with E-state index in [0.29, 0.717) is 25.2 Å². The Hall–Kier alpha value is -1.72. The van der Waals surface area contributed by atoms with Crippen LogP contribution >= 0.6 is 0 Å². The molecule has 0 amide bonds. The van der Waals surface area contributed by atoms with E-state index in [4.69, 9.17) is 0 Å². The maximum Gasteiger partial charge on any atom is 0.308 e. The molecule has 2 aliphatic rings. The van der Waals surface area contributed by atoms with Crippen LogP contribution in [0.5, 0.6) is 0 Å². The fraction of sp³-hybridized carbons (Fsp3) is 0.643. The van der Waals surface area contributed by atoms with E-state index in [-0.39, 0.29) is 11.2 Å². The first-order valence-electron chi connectivity index (χ1n) is 7.04. The number of carboxylic acids is 1. The Morgan fingerprint density at radius 3 is 2.80 bits per heavy atom. The quantitative estimate of drug-likeness (QED) is 0.915. The lowest BCUT2D eigenvalue weighted by atomic mass is 9.63. The number of carboxylic acid groups (broad SMARTS) is 1. The molecule has 1 aromatic rings. The van der Waals surface area contributed by atoms with E-state index in [1.807, 2.05) is 6.92 Å². The molecule has 1 saturated carbocycles. The standard InChI is InChI=1S/C14H18FN3O2/c1-2-10-11(15)12(17-8-16-10)18-6-9(13(19)20)14(7-18)4-3-5-14/h8-9H,2-7H2,1H3,(H,19,20)/t9-/m1/s1. The lowest BCUT2D eigenvalue weighted by Crippen LogP contribution is -2.40. The summed E-state index contributed by atoms with van der Waals surface area (Å²) in [7, 11) is 0. The third-order valence-corrected chi connectivity index (χ3v) is 4.77. The minimum absolute atomic E-state index is 0.185.